The van der Waals surface area contributed by atoms with E-state index in [1.165, 1.54) is 5.01 Å². The Morgan fingerprint density at radius 2 is 2.50 bits per heavy atom. The number of hydrazine groups is 1. The van der Waals surface area contributed by atoms with Crippen molar-refractivity contribution in [2.24, 2.45) is 5.84 Å². The molecule has 1 rings (SSSR count). The van der Waals surface area contributed by atoms with Crippen LogP contribution in [-0.2, 0) is 0 Å². The minimum atomic E-state index is 0.440. The van der Waals surface area contributed by atoms with E-state index in [9.17, 15) is 0 Å². The molecule has 0 aliphatic rings. The molecule has 1 heterocycles. The number of aromatic amines is 1. The SMILES string of the molecule is CN(N)c1ccnc(=S)[nH]1. The largest absolute Gasteiger partial charge is 0.316 e. The summed E-state index contributed by atoms with van der Waals surface area (Å²) in [6.07, 6.45) is 1.61. The molecule has 0 unspecified atom stereocenters. The molecule has 0 saturated heterocycles. The first-order valence-electron chi connectivity index (χ1n) is 2.74. The van der Waals surface area contributed by atoms with Crippen molar-refractivity contribution in [3.63, 3.8) is 0 Å². The van der Waals surface area contributed by atoms with Gasteiger partial charge in [0, 0.05) is 13.2 Å². The molecule has 4 nitrogen and oxygen atoms in total. The van der Waals surface area contributed by atoms with E-state index in [4.69, 9.17) is 18.1 Å². The predicted molar refractivity (Wildman–Crippen MR) is 42.0 cm³/mol. The molecular formula is C5H8N4S. The van der Waals surface area contributed by atoms with Gasteiger partial charge < -0.3 is 4.98 Å². The van der Waals surface area contributed by atoms with Gasteiger partial charge in [-0.3, -0.25) is 5.01 Å². The van der Waals surface area contributed by atoms with Gasteiger partial charge in [-0.05, 0) is 18.3 Å². The molecule has 0 spiro atoms. The molecule has 0 radical (unpaired) electrons. The summed E-state index contributed by atoms with van der Waals surface area (Å²) in [5.74, 6) is 6.16. The summed E-state index contributed by atoms with van der Waals surface area (Å²) in [4.78, 5) is 6.61. The normalized spacial score (nSPS) is 9.40. The zero-order valence-corrected chi connectivity index (χ0v) is 6.35. The zero-order chi connectivity index (χ0) is 7.56. The Morgan fingerprint density at radius 3 is 2.90 bits per heavy atom. The van der Waals surface area contributed by atoms with Crippen LogP contribution in [0.5, 0.6) is 0 Å². The average molecular weight is 156 g/mol. The first kappa shape index (κ1) is 7.17. The fourth-order valence-electron chi connectivity index (χ4n) is 0.565. The summed E-state index contributed by atoms with van der Waals surface area (Å²) in [5.41, 5.74) is 0. The fraction of sp³-hybridized carbons (Fsp3) is 0.200. The quantitative estimate of drug-likeness (QED) is 0.352. The maximum Gasteiger partial charge on any atom is 0.198 e. The van der Waals surface area contributed by atoms with E-state index in [1.807, 2.05) is 0 Å². The van der Waals surface area contributed by atoms with Gasteiger partial charge in [-0.2, -0.15) is 0 Å². The molecule has 10 heavy (non-hydrogen) atoms. The number of hydrogen-bond donors (Lipinski definition) is 2. The van der Waals surface area contributed by atoms with Gasteiger partial charge in [0.1, 0.15) is 5.82 Å². The summed E-state index contributed by atoms with van der Waals surface area (Å²) in [6.45, 7) is 0. The van der Waals surface area contributed by atoms with Gasteiger partial charge in [-0.1, -0.05) is 0 Å². The smallest absolute Gasteiger partial charge is 0.198 e. The van der Waals surface area contributed by atoms with Crippen LogP contribution in [0.1, 0.15) is 0 Å². The van der Waals surface area contributed by atoms with Gasteiger partial charge in [-0.25, -0.2) is 10.8 Å². The van der Waals surface area contributed by atoms with Crippen molar-refractivity contribution in [1.82, 2.24) is 9.97 Å². The third kappa shape index (κ3) is 1.52. The standard InChI is InChI=1S/C5H8N4S/c1-9(6)4-2-3-7-5(10)8-4/h2-3H,6H2,1H3,(H,7,8,10). The Bertz CT molecular complexity index is 266. The second-order valence-corrected chi connectivity index (χ2v) is 2.26. The summed E-state index contributed by atoms with van der Waals surface area (Å²) < 4.78 is 0.440. The lowest BCUT2D eigenvalue weighted by Crippen LogP contribution is -2.26. The lowest BCUT2D eigenvalue weighted by atomic mass is 10.6. The minimum absolute atomic E-state index is 0.440. The van der Waals surface area contributed by atoms with Crippen LogP contribution < -0.4 is 10.9 Å². The number of anilines is 1. The zero-order valence-electron chi connectivity index (χ0n) is 5.53. The van der Waals surface area contributed by atoms with Crippen molar-refractivity contribution in [2.45, 2.75) is 0 Å². The highest BCUT2D eigenvalue weighted by atomic mass is 32.1. The van der Waals surface area contributed by atoms with Crippen LogP contribution in [0.25, 0.3) is 0 Å². The van der Waals surface area contributed by atoms with E-state index in [0.29, 0.717) is 4.77 Å². The molecule has 5 heteroatoms. The fourth-order valence-corrected chi connectivity index (χ4v) is 0.730. The monoisotopic (exact) mass is 156 g/mol. The topological polar surface area (TPSA) is 57.9 Å². The molecule has 0 saturated carbocycles. The second kappa shape index (κ2) is 2.76. The molecule has 3 N–H and O–H groups in total. The molecule has 1 aromatic rings. The van der Waals surface area contributed by atoms with Gasteiger partial charge in [-0.15, -0.1) is 0 Å². The highest BCUT2D eigenvalue weighted by Gasteiger charge is 1.91. The van der Waals surface area contributed by atoms with Gasteiger partial charge in [0.05, 0.1) is 0 Å². The van der Waals surface area contributed by atoms with E-state index in [1.54, 1.807) is 19.3 Å². The van der Waals surface area contributed by atoms with Crippen LogP contribution in [0.2, 0.25) is 0 Å². The van der Waals surface area contributed by atoms with Gasteiger partial charge >= 0.3 is 0 Å². The first-order valence-corrected chi connectivity index (χ1v) is 3.15. The maximum atomic E-state index is 5.41. The lowest BCUT2D eigenvalue weighted by molar-refractivity contribution is 0.956. The van der Waals surface area contributed by atoms with Crippen LogP contribution in [0.4, 0.5) is 5.82 Å². The number of nitrogens with zero attached hydrogens (tertiary/aromatic N) is 2. The summed E-state index contributed by atoms with van der Waals surface area (Å²) in [5, 5.41) is 1.44. The third-order valence-corrected chi connectivity index (χ3v) is 1.25. The molecule has 0 aliphatic heterocycles. The van der Waals surface area contributed by atoms with Crippen LogP contribution in [0.3, 0.4) is 0 Å². The van der Waals surface area contributed by atoms with E-state index in [-0.39, 0.29) is 0 Å². The molecule has 0 amide bonds. The highest BCUT2D eigenvalue weighted by molar-refractivity contribution is 7.71. The van der Waals surface area contributed by atoms with Crippen molar-refractivity contribution in [2.75, 3.05) is 12.1 Å². The molecule has 54 valence electrons. The minimum Gasteiger partial charge on any atom is -0.316 e. The van der Waals surface area contributed by atoms with Crippen molar-refractivity contribution < 1.29 is 0 Å². The number of rotatable bonds is 1. The van der Waals surface area contributed by atoms with Crippen molar-refractivity contribution in [3.8, 4) is 0 Å². The summed E-state index contributed by atoms with van der Waals surface area (Å²) in [6, 6.07) is 1.75. The molecule has 0 aliphatic carbocycles. The molecule has 0 fully saturated rings. The van der Waals surface area contributed by atoms with E-state index >= 15 is 0 Å². The number of hydrogen-bond acceptors (Lipinski definition) is 4. The van der Waals surface area contributed by atoms with Crippen molar-refractivity contribution in [1.29, 1.82) is 0 Å². The lowest BCUT2D eigenvalue weighted by Gasteiger charge is -2.09. The molecule has 1 aromatic heterocycles. The summed E-state index contributed by atoms with van der Waals surface area (Å²) >= 11 is 4.77. The van der Waals surface area contributed by atoms with Crippen molar-refractivity contribution in [3.05, 3.63) is 17.0 Å². The molecular weight excluding hydrogens is 148 g/mol. The van der Waals surface area contributed by atoms with E-state index in [0.717, 1.165) is 5.82 Å². The van der Waals surface area contributed by atoms with Gasteiger partial charge in [0.15, 0.2) is 4.77 Å². The van der Waals surface area contributed by atoms with Gasteiger partial charge in [0.25, 0.3) is 0 Å². The Labute approximate surface area is 63.7 Å². The Kier molecular flexibility index (Phi) is 1.98. The maximum absolute atomic E-state index is 5.41. The van der Waals surface area contributed by atoms with E-state index < -0.39 is 0 Å². The number of nitrogens with two attached hydrogens (primary N) is 1. The number of aromatic nitrogens is 2. The van der Waals surface area contributed by atoms with Gasteiger partial charge in [0.2, 0.25) is 0 Å². The Morgan fingerprint density at radius 1 is 1.80 bits per heavy atom. The second-order valence-electron chi connectivity index (χ2n) is 1.87. The van der Waals surface area contributed by atoms with Crippen LogP contribution >= 0.6 is 12.2 Å². The highest BCUT2D eigenvalue weighted by Crippen LogP contribution is 2.00. The molecule has 0 aromatic carbocycles. The molecule has 0 atom stereocenters. The Balaban J connectivity index is 3.07. The predicted octanol–water partition coefficient (Wildman–Crippen LogP) is 0.449. The molecule has 0 bridgehead atoms. The van der Waals surface area contributed by atoms with Crippen LogP contribution in [-0.4, -0.2) is 17.0 Å². The number of nitrogens with one attached hydrogen (secondary N) is 1. The summed E-state index contributed by atoms with van der Waals surface area (Å²) in [7, 11) is 1.72. The Hall–Kier alpha value is -0.940. The third-order valence-electron chi connectivity index (χ3n) is 1.04. The van der Waals surface area contributed by atoms with E-state index in [2.05, 4.69) is 9.97 Å². The van der Waals surface area contributed by atoms with Crippen LogP contribution in [0.15, 0.2) is 12.3 Å². The average Bonchev–Trinajstić information content (AvgIpc) is 1.88. The van der Waals surface area contributed by atoms with Crippen molar-refractivity contribution >= 4 is 18.0 Å². The van der Waals surface area contributed by atoms with Crippen LogP contribution in [0, 0.1) is 4.77 Å². The first-order chi connectivity index (χ1) is 4.70. The number of H-pyrrole nitrogens is 1.